The molecule has 6 rings (SSSR count). The first kappa shape index (κ1) is 44.5. The van der Waals surface area contributed by atoms with E-state index in [9.17, 15) is 19.7 Å². The highest BCUT2D eigenvalue weighted by Gasteiger charge is 2.54. The number of phosphoric ester groups is 1. The van der Waals surface area contributed by atoms with Gasteiger partial charge >= 0.3 is 13.9 Å². The Balaban J connectivity index is 1.43. The minimum Gasteiger partial charge on any atom is -0.497 e. The van der Waals surface area contributed by atoms with Crippen LogP contribution in [0.25, 0.3) is 0 Å². The molecule has 3 aliphatic rings. The van der Waals surface area contributed by atoms with Crippen molar-refractivity contribution in [2.24, 2.45) is 0 Å². The van der Waals surface area contributed by atoms with Crippen LogP contribution in [-0.4, -0.2) is 112 Å². The van der Waals surface area contributed by atoms with Crippen LogP contribution in [-0.2, 0) is 42.7 Å². The highest BCUT2D eigenvalue weighted by molar-refractivity contribution is 8.76. The van der Waals surface area contributed by atoms with Gasteiger partial charge in [-0.05, 0) is 47.0 Å². The van der Waals surface area contributed by atoms with Crippen molar-refractivity contribution < 1.29 is 56.5 Å². The maximum atomic E-state index is 14.9. The molecular weight excluding hydrogens is 822 g/mol. The standard InChI is InChI=1S/C41H46N3O12PS2/c1-5-23-51-34-26-58-59-27-35(34)55-57(47,53-24-9-21-42)56-37-33(54-39(38(37)50-4)44-22-20-36(45)43-40(44)46)25-52-41(28-10-7-6-8-11-28,29-12-16-31(48-2)17-13-29)30-14-18-32(49-3)19-15-30/h1,6-8,10-20,22,33-39,45H,9,23-27H2,2-4H3,(H,43,46). The van der Waals surface area contributed by atoms with Crippen molar-refractivity contribution in [1.82, 2.24) is 10.2 Å². The minimum absolute atomic E-state index is 0.00514. The smallest absolute Gasteiger partial charge is 0.475 e. The molecule has 59 heavy (non-hydrogen) atoms. The monoisotopic (exact) mass is 867 g/mol. The summed E-state index contributed by atoms with van der Waals surface area (Å²) in [5.41, 5.74) is 0.925. The molecule has 0 aromatic heterocycles. The lowest BCUT2D eigenvalue weighted by atomic mass is 9.80. The Kier molecular flexibility index (Phi) is 15.8. The van der Waals surface area contributed by atoms with Gasteiger partial charge in [-0.3, -0.25) is 18.5 Å². The molecule has 3 aliphatic heterocycles. The van der Waals surface area contributed by atoms with Gasteiger partial charge in [-0.2, -0.15) is 5.26 Å². The molecule has 0 radical (unpaired) electrons. The van der Waals surface area contributed by atoms with Crippen LogP contribution in [0.5, 0.6) is 11.5 Å². The number of benzene rings is 3. The lowest BCUT2D eigenvalue weighted by molar-refractivity contribution is -0.103. The van der Waals surface area contributed by atoms with E-state index >= 15 is 0 Å². The van der Waals surface area contributed by atoms with Gasteiger partial charge in [-0.1, -0.05) is 82.1 Å². The van der Waals surface area contributed by atoms with Crippen molar-refractivity contribution in [2.45, 2.75) is 55.0 Å². The number of phosphoric acid groups is 1. The fourth-order valence-corrected chi connectivity index (χ4v) is 11.0. The van der Waals surface area contributed by atoms with E-state index < -0.39 is 62.4 Å². The second kappa shape index (κ2) is 20.9. The molecule has 0 aliphatic carbocycles. The number of hydrogen-bond acceptors (Lipinski definition) is 15. The van der Waals surface area contributed by atoms with Gasteiger partial charge in [-0.25, -0.2) is 9.36 Å². The maximum absolute atomic E-state index is 14.9. The van der Waals surface area contributed by atoms with E-state index in [2.05, 4.69) is 11.2 Å². The first-order valence-electron chi connectivity index (χ1n) is 18.6. The van der Waals surface area contributed by atoms with Gasteiger partial charge in [0.1, 0.15) is 54.4 Å². The summed E-state index contributed by atoms with van der Waals surface area (Å²) >= 11 is 0. The number of ether oxygens (including phenoxy) is 6. The highest BCUT2D eigenvalue weighted by atomic mass is 33.1. The number of aliphatic hydroxyl groups is 1. The number of terminal acetylenes is 1. The largest absolute Gasteiger partial charge is 0.497 e. The second-order valence-electron chi connectivity index (χ2n) is 13.2. The van der Waals surface area contributed by atoms with Gasteiger partial charge in [0.15, 0.2) is 6.23 Å². The molecule has 8 unspecified atom stereocenters. The Morgan fingerprint density at radius 2 is 1.56 bits per heavy atom. The average molecular weight is 868 g/mol. The van der Waals surface area contributed by atoms with Crippen LogP contribution in [0, 0.1) is 23.7 Å². The van der Waals surface area contributed by atoms with E-state index in [1.54, 1.807) is 25.0 Å². The van der Waals surface area contributed by atoms with Crippen molar-refractivity contribution in [2.75, 3.05) is 52.7 Å². The normalized spacial score (nSPS) is 25.4. The number of hydrogen-bond donors (Lipinski definition) is 2. The molecular formula is C41H46N3O12PS2. The Bertz CT molecular complexity index is 1950. The molecule has 3 aromatic carbocycles. The molecule has 2 saturated heterocycles. The number of rotatable bonds is 19. The number of aliphatic hydroxyl groups excluding tert-OH is 1. The minimum atomic E-state index is -4.60. The molecule has 0 spiro atoms. The van der Waals surface area contributed by atoms with Crippen LogP contribution < -0.4 is 14.8 Å². The van der Waals surface area contributed by atoms with Crippen LogP contribution in [0.15, 0.2) is 91.1 Å². The molecule has 2 fully saturated rings. The molecule has 8 atom stereocenters. The van der Waals surface area contributed by atoms with Crippen molar-refractivity contribution >= 4 is 35.4 Å². The quantitative estimate of drug-likeness (QED) is 0.0484. The van der Waals surface area contributed by atoms with Crippen LogP contribution in [0.2, 0.25) is 0 Å². The lowest BCUT2D eigenvalue weighted by Gasteiger charge is -2.37. The Morgan fingerprint density at radius 3 is 2.14 bits per heavy atom. The van der Waals surface area contributed by atoms with Crippen molar-refractivity contribution in [3.63, 3.8) is 0 Å². The Labute approximate surface area is 351 Å². The van der Waals surface area contributed by atoms with E-state index in [-0.39, 0.29) is 26.2 Å². The number of nitrogens with zero attached hydrogens (tertiary/aromatic N) is 2. The SMILES string of the molecule is C#CCOC1CSSCC1OP(=O)(OCCC#N)OC1C(COC(c2ccccc2)(c2ccc(OC)cc2)c2ccc(OC)cc2)OC(N2C=CC(O)NC2=O)C1OC. The molecule has 314 valence electrons. The zero-order valence-corrected chi connectivity index (χ0v) is 35.1. The van der Waals surface area contributed by atoms with E-state index in [0.717, 1.165) is 16.7 Å². The molecule has 3 aromatic rings. The van der Waals surface area contributed by atoms with Gasteiger partial charge in [-0.15, -0.1) is 6.42 Å². The van der Waals surface area contributed by atoms with E-state index in [1.807, 2.05) is 84.9 Å². The zero-order valence-electron chi connectivity index (χ0n) is 32.6. The number of amides is 2. The topological polar surface area (TPSA) is 176 Å². The van der Waals surface area contributed by atoms with E-state index in [1.165, 1.54) is 35.1 Å². The number of urea groups is 1. The molecule has 2 N–H and O–H groups in total. The number of carbonyl (C=O) groups is 1. The van der Waals surface area contributed by atoms with Crippen LogP contribution in [0.1, 0.15) is 23.1 Å². The highest BCUT2D eigenvalue weighted by Crippen LogP contribution is 2.56. The molecule has 2 amide bonds. The maximum Gasteiger partial charge on any atom is 0.475 e. The van der Waals surface area contributed by atoms with Crippen LogP contribution in [0.4, 0.5) is 4.79 Å². The predicted octanol–water partition coefficient (Wildman–Crippen LogP) is 5.83. The van der Waals surface area contributed by atoms with E-state index in [0.29, 0.717) is 23.0 Å². The Morgan fingerprint density at radius 1 is 0.932 bits per heavy atom. The van der Waals surface area contributed by atoms with Gasteiger partial charge in [0, 0.05) is 24.8 Å². The van der Waals surface area contributed by atoms with Gasteiger partial charge < -0.3 is 38.8 Å². The van der Waals surface area contributed by atoms with Gasteiger partial charge in [0.25, 0.3) is 0 Å². The summed E-state index contributed by atoms with van der Waals surface area (Å²) in [5.74, 6) is 4.58. The first-order chi connectivity index (χ1) is 28.7. The summed E-state index contributed by atoms with van der Waals surface area (Å²) in [5, 5.41) is 21.9. The van der Waals surface area contributed by atoms with Gasteiger partial charge in [0.05, 0.1) is 46.0 Å². The second-order valence-corrected chi connectivity index (χ2v) is 17.4. The van der Waals surface area contributed by atoms with Crippen molar-refractivity contribution in [1.29, 1.82) is 5.26 Å². The van der Waals surface area contributed by atoms with Gasteiger partial charge in [0.2, 0.25) is 0 Å². The number of nitriles is 1. The third-order valence-electron chi connectivity index (χ3n) is 9.73. The molecule has 0 bridgehead atoms. The van der Waals surface area contributed by atoms with Crippen molar-refractivity contribution in [3.05, 3.63) is 108 Å². The molecule has 15 nitrogen and oxygen atoms in total. The fourth-order valence-electron chi connectivity index (χ4n) is 6.87. The third-order valence-corrected chi connectivity index (χ3v) is 13.7. The lowest BCUT2D eigenvalue weighted by Crippen LogP contribution is -2.53. The first-order valence-corrected chi connectivity index (χ1v) is 22.5. The molecule has 3 heterocycles. The Hall–Kier alpha value is -4.07. The summed E-state index contributed by atoms with van der Waals surface area (Å²) in [6.07, 6.45) is 0.847. The summed E-state index contributed by atoms with van der Waals surface area (Å²) in [6, 6.07) is 25.8. The van der Waals surface area contributed by atoms with Crippen molar-refractivity contribution in [3.8, 4) is 29.9 Å². The predicted molar refractivity (Wildman–Crippen MR) is 220 cm³/mol. The van der Waals surface area contributed by atoms with E-state index in [4.69, 9.17) is 48.4 Å². The molecule has 18 heteroatoms. The van der Waals surface area contributed by atoms with Crippen LogP contribution in [0.3, 0.4) is 0 Å². The third kappa shape index (κ3) is 10.5. The summed E-state index contributed by atoms with van der Waals surface area (Å²) < 4.78 is 70.0. The molecule has 0 saturated carbocycles. The zero-order chi connectivity index (χ0) is 41.8. The number of methoxy groups -OCH3 is 3. The summed E-state index contributed by atoms with van der Waals surface area (Å²) in [4.78, 5) is 14.5. The number of carbonyl (C=O) groups excluding carboxylic acids is 1. The average Bonchev–Trinajstić information content (AvgIpc) is 3.60. The summed E-state index contributed by atoms with van der Waals surface area (Å²) in [7, 11) is 3.02. The fraction of sp³-hybridized carbons (Fsp3) is 0.415. The number of nitrogens with one attached hydrogen (secondary N) is 1. The van der Waals surface area contributed by atoms with Crippen LogP contribution >= 0.6 is 29.4 Å². The summed E-state index contributed by atoms with van der Waals surface area (Å²) in [6.45, 7) is -0.516.